The van der Waals surface area contributed by atoms with E-state index in [1.54, 1.807) is 0 Å². The minimum Gasteiger partial charge on any atom is -0.327 e. The quantitative estimate of drug-likeness (QED) is 0.757. The van der Waals surface area contributed by atoms with Crippen molar-refractivity contribution in [3.63, 3.8) is 0 Å². The van der Waals surface area contributed by atoms with E-state index >= 15 is 0 Å². The lowest BCUT2D eigenvalue weighted by Crippen LogP contribution is -2.29. The zero-order chi connectivity index (χ0) is 10.7. The van der Waals surface area contributed by atoms with Gasteiger partial charge < -0.3 is 5.73 Å². The molecule has 0 aliphatic heterocycles. The standard InChI is InChI=1S/C6H12F3NO2S/c1-13(11,12)3-2-5(10)4-6(7,8)9/h5H,2-4,10H2,1H3. The van der Waals surface area contributed by atoms with E-state index in [2.05, 4.69) is 0 Å². The van der Waals surface area contributed by atoms with Crippen molar-refractivity contribution >= 4 is 9.84 Å². The van der Waals surface area contributed by atoms with E-state index < -0.39 is 28.5 Å². The van der Waals surface area contributed by atoms with Gasteiger partial charge in [-0.15, -0.1) is 0 Å². The topological polar surface area (TPSA) is 60.2 Å². The zero-order valence-electron chi connectivity index (χ0n) is 7.13. The van der Waals surface area contributed by atoms with Gasteiger partial charge in [0, 0.05) is 12.3 Å². The Hall–Kier alpha value is -0.300. The summed E-state index contributed by atoms with van der Waals surface area (Å²) in [6, 6.07) is -1.13. The van der Waals surface area contributed by atoms with Crippen LogP contribution in [0, 0.1) is 0 Å². The number of rotatable bonds is 4. The molecule has 80 valence electrons. The largest absolute Gasteiger partial charge is 0.390 e. The molecule has 0 amide bonds. The van der Waals surface area contributed by atoms with E-state index in [4.69, 9.17) is 5.73 Å². The second kappa shape index (κ2) is 4.28. The lowest BCUT2D eigenvalue weighted by molar-refractivity contribution is -0.138. The maximum atomic E-state index is 11.7. The minimum atomic E-state index is -4.32. The van der Waals surface area contributed by atoms with Gasteiger partial charge in [-0.2, -0.15) is 13.2 Å². The molecule has 0 saturated carbocycles. The molecule has 7 heteroatoms. The summed E-state index contributed by atoms with van der Waals surface area (Å²) in [7, 11) is -3.22. The third-order valence-electron chi connectivity index (χ3n) is 1.35. The highest BCUT2D eigenvalue weighted by molar-refractivity contribution is 7.90. The molecule has 13 heavy (non-hydrogen) atoms. The Labute approximate surface area is 75.0 Å². The molecule has 0 aromatic rings. The van der Waals surface area contributed by atoms with E-state index in [0.29, 0.717) is 0 Å². The Morgan fingerprint density at radius 1 is 1.38 bits per heavy atom. The zero-order valence-corrected chi connectivity index (χ0v) is 7.95. The van der Waals surface area contributed by atoms with Gasteiger partial charge in [-0.25, -0.2) is 8.42 Å². The van der Waals surface area contributed by atoms with Crippen LogP contribution in [0.25, 0.3) is 0 Å². The van der Waals surface area contributed by atoms with Crippen LogP contribution in [0.1, 0.15) is 12.8 Å². The van der Waals surface area contributed by atoms with Crippen molar-refractivity contribution < 1.29 is 21.6 Å². The lowest BCUT2D eigenvalue weighted by Gasteiger charge is -2.12. The van der Waals surface area contributed by atoms with Crippen molar-refractivity contribution in [2.75, 3.05) is 12.0 Å². The van der Waals surface area contributed by atoms with E-state index in [9.17, 15) is 21.6 Å². The van der Waals surface area contributed by atoms with Gasteiger partial charge in [0.25, 0.3) is 0 Å². The van der Waals surface area contributed by atoms with Gasteiger partial charge in [-0.3, -0.25) is 0 Å². The third kappa shape index (κ3) is 9.62. The molecule has 0 rings (SSSR count). The molecule has 0 aromatic carbocycles. The van der Waals surface area contributed by atoms with Crippen molar-refractivity contribution in [1.29, 1.82) is 0 Å². The second-order valence-electron chi connectivity index (χ2n) is 3.00. The summed E-state index contributed by atoms with van der Waals surface area (Å²) in [4.78, 5) is 0. The number of sulfone groups is 1. The molecule has 0 aliphatic rings. The Morgan fingerprint density at radius 2 is 1.85 bits per heavy atom. The minimum absolute atomic E-state index is 0.154. The van der Waals surface area contributed by atoms with Crippen molar-refractivity contribution in [3.05, 3.63) is 0 Å². The molecular weight excluding hydrogens is 207 g/mol. The maximum absolute atomic E-state index is 11.7. The second-order valence-corrected chi connectivity index (χ2v) is 5.26. The summed E-state index contributed by atoms with van der Waals surface area (Å²) >= 11 is 0. The fraction of sp³-hybridized carbons (Fsp3) is 1.00. The number of nitrogens with two attached hydrogens (primary N) is 1. The Morgan fingerprint density at radius 3 is 2.15 bits per heavy atom. The van der Waals surface area contributed by atoms with E-state index in [-0.39, 0.29) is 12.2 Å². The van der Waals surface area contributed by atoms with E-state index in [0.717, 1.165) is 6.26 Å². The van der Waals surface area contributed by atoms with Crippen molar-refractivity contribution in [2.45, 2.75) is 25.1 Å². The molecule has 0 radical (unpaired) electrons. The third-order valence-corrected chi connectivity index (χ3v) is 2.33. The summed E-state index contributed by atoms with van der Waals surface area (Å²) in [6.07, 6.45) is -4.65. The molecule has 1 atom stereocenters. The van der Waals surface area contributed by atoms with Crippen LogP contribution in [0.5, 0.6) is 0 Å². The summed E-state index contributed by atoms with van der Waals surface area (Å²) in [5, 5.41) is 0. The van der Waals surface area contributed by atoms with Crippen molar-refractivity contribution in [3.8, 4) is 0 Å². The fourth-order valence-corrected chi connectivity index (χ4v) is 1.50. The summed E-state index contributed by atoms with van der Waals surface area (Å²) in [5.74, 6) is -0.301. The number of hydrogen-bond acceptors (Lipinski definition) is 3. The van der Waals surface area contributed by atoms with Crippen LogP contribution < -0.4 is 5.73 Å². The van der Waals surface area contributed by atoms with Crippen molar-refractivity contribution in [1.82, 2.24) is 0 Å². The predicted molar refractivity (Wildman–Crippen MR) is 43.0 cm³/mol. The van der Waals surface area contributed by atoms with Crippen LogP contribution in [0.3, 0.4) is 0 Å². The van der Waals surface area contributed by atoms with Crippen LogP contribution in [0.2, 0.25) is 0 Å². The first-order valence-electron chi connectivity index (χ1n) is 3.60. The first-order chi connectivity index (χ1) is 5.60. The summed E-state index contributed by atoms with van der Waals surface area (Å²) < 4.78 is 56.2. The predicted octanol–water partition coefficient (Wildman–Crippen LogP) is 0.701. The molecule has 0 heterocycles. The van der Waals surface area contributed by atoms with Gasteiger partial charge in [0.15, 0.2) is 0 Å². The highest BCUT2D eigenvalue weighted by atomic mass is 32.2. The van der Waals surface area contributed by atoms with E-state index in [1.165, 1.54) is 0 Å². The van der Waals surface area contributed by atoms with Gasteiger partial charge in [0.2, 0.25) is 0 Å². The van der Waals surface area contributed by atoms with Crippen LogP contribution in [-0.2, 0) is 9.84 Å². The van der Waals surface area contributed by atoms with Crippen LogP contribution >= 0.6 is 0 Å². The molecule has 0 aromatic heterocycles. The highest BCUT2D eigenvalue weighted by Crippen LogP contribution is 2.21. The van der Waals surface area contributed by atoms with E-state index in [1.807, 2.05) is 0 Å². The summed E-state index contributed by atoms with van der Waals surface area (Å²) in [5.41, 5.74) is 5.08. The average molecular weight is 219 g/mol. The van der Waals surface area contributed by atoms with Crippen LogP contribution in [-0.4, -0.2) is 32.6 Å². The number of halogens is 3. The fourth-order valence-electron chi connectivity index (χ4n) is 0.765. The molecule has 1 unspecified atom stereocenters. The average Bonchev–Trinajstić information content (AvgIpc) is 1.78. The lowest BCUT2D eigenvalue weighted by atomic mass is 10.2. The molecule has 0 spiro atoms. The molecule has 3 nitrogen and oxygen atoms in total. The van der Waals surface area contributed by atoms with Gasteiger partial charge in [0.1, 0.15) is 9.84 Å². The number of alkyl halides is 3. The highest BCUT2D eigenvalue weighted by Gasteiger charge is 2.30. The first kappa shape index (κ1) is 12.7. The van der Waals surface area contributed by atoms with Crippen LogP contribution in [0.4, 0.5) is 13.2 Å². The smallest absolute Gasteiger partial charge is 0.327 e. The first-order valence-corrected chi connectivity index (χ1v) is 5.66. The Bertz CT molecular complexity index is 247. The normalized spacial score (nSPS) is 15.8. The SMILES string of the molecule is CS(=O)(=O)CCC(N)CC(F)(F)F. The van der Waals surface area contributed by atoms with Crippen molar-refractivity contribution in [2.24, 2.45) is 5.73 Å². The van der Waals surface area contributed by atoms with Gasteiger partial charge in [-0.05, 0) is 6.42 Å². The van der Waals surface area contributed by atoms with Crippen LogP contribution in [0.15, 0.2) is 0 Å². The van der Waals surface area contributed by atoms with Gasteiger partial charge in [-0.1, -0.05) is 0 Å². The molecular formula is C6H12F3NO2S. The molecule has 0 aliphatic carbocycles. The molecule has 0 fully saturated rings. The number of hydrogen-bond donors (Lipinski definition) is 1. The van der Waals surface area contributed by atoms with Gasteiger partial charge in [0.05, 0.1) is 12.2 Å². The Kier molecular flexibility index (Phi) is 4.18. The Balaban J connectivity index is 3.84. The maximum Gasteiger partial charge on any atom is 0.390 e. The van der Waals surface area contributed by atoms with Gasteiger partial charge >= 0.3 is 6.18 Å². The summed E-state index contributed by atoms with van der Waals surface area (Å²) in [6.45, 7) is 0. The molecule has 0 saturated heterocycles. The molecule has 0 bridgehead atoms. The molecule has 2 N–H and O–H groups in total. The monoisotopic (exact) mass is 219 g/mol.